The van der Waals surface area contributed by atoms with Gasteiger partial charge < -0.3 is 5.32 Å². The Bertz CT molecular complexity index is 732. The van der Waals surface area contributed by atoms with E-state index in [4.69, 9.17) is 11.6 Å². The van der Waals surface area contributed by atoms with Crippen molar-refractivity contribution in [2.24, 2.45) is 0 Å². The summed E-state index contributed by atoms with van der Waals surface area (Å²) in [6.45, 7) is 0.222. The third-order valence-electron chi connectivity index (χ3n) is 2.79. The van der Waals surface area contributed by atoms with E-state index in [1.54, 1.807) is 18.2 Å². The van der Waals surface area contributed by atoms with Crippen LogP contribution < -0.4 is 5.32 Å². The molecule has 0 spiro atoms. The maximum atomic E-state index is 13.5. The van der Waals surface area contributed by atoms with Crippen LogP contribution >= 0.6 is 11.6 Å². The minimum atomic E-state index is -3.31. The summed E-state index contributed by atoms with van der Waals surface area (Å²) in [4.78, 5) is 0.165. The Morgan fingerprint density at radius 2 is 1.90 bits per heavy atom. The molecule has 0 unspecified atom stereocenters. The van der Waals surface area contributed by atoms with Gasteiger partial charge in [0.2, 0.25) is 0 Å². The van der Waals surface area contributed by atoms with E-state index in [2.05, 4.69) is 5.32 Å². The first kappa shape index (κ1) is 14.8. The molecule has 20 heavy (non-hydrogen) atoms. The highest BCUT2D eigenvalue weighted by atomic mass is 35.5. The lowest BCUT2D eigenvalue weighted by Gasteiger charge is -2.10. The summed E-state index contributed by atoms with van der Waals surface area (Å²) >= 11 is 6.00. The number of rotatable bonds is 4. The molecular formula is C14H13ClFNO2S. The van der Waals surface area contributed by atoms with Gasteiger partial charge in [-0.15, -0.1) is 0 Å². The van der Waals surface area contributed by atoms with E-state index >= 15 is 0 Å². The van der Waals surface area contributed by atoms with Gasteiger partial charge in [0.05, 0.1) is 15.6 Å². The minimum absolute atomic E-state index is 0.165. The molecule has 0 amide bonds. The van der Waals surface area contributed by atoms with E-state index in [0.717, 1.165) is 6.26 Å². The second-order valence-electron chi connectivity index (χ2n) is 4.36. The van der Waals surface area contributed by atoms with Crippen molar-refractivity contribution in [2.75, 3.05) is 11.6 Å². The van der Waals surface area contributed by atoms with Crippen LogP contribution in [0.3, 0.4) is 0 Å². The molecule has 2 rings (SSSR count). The lowest BCUT2D eigenvalue weighted by atomic mass is 10.2. The van der Waals surface area contributed by atoms with Crippen LogP contribution in [0, 0.1) is 5.82 Å². The van der Waals surface area contributed by atoms with Crippen molar-refractivity contribution >= 4 is 27.1 Å². The molecule has 0 radical (unpaired) electrons. The Morgan fingerprint density at radius 3 is 2.55 bits per heavy atom. The van der Waals surface area contributed by atoms with E-state index in [0.29, 0.717) is 16.3 Å². The summed E-state index contributed by atoms with van der Waals surface area (Å²) in [5.41, 5.74) is 0.936. The summed E-state index contributed by atoms with van der Waals surface area (Å²) < 4.78 is 36.5. The average molecular weight is 314 g/mol. The molecule has 0 aliphatic heterocycles. The fourth-order valence-electron chi connectivity index (χ4n) is 1.70. The molecule has 1 N–H and O–H groups in total. The summed E-state index contributed by atoms with van der Waals surface area (Å²) in [6.07, 6.45) is 1.12. The van der Waals surface area contributed by atoms with Gasteiger partial charge in [0.1, 0.15) is 5.82 Å². The standard InChI is InChI=1S/C14H13ClFNO2S/c1-20(18,19)11-6-7-12(15)14(8-11)17-9-10-4-2-3-5-13(10)16/h2-8,17H,9H2,1H3. The smallest absolute Gasteiger partial charge is 0.175 e. The van der Waals surface area contributed by atoms with Gasteiger partial charge in [-0.05, 0) is 24.3 Å². The molecule has 0 heterocycles. The summed E-state index contributed by atoms with van der Waals surface area (Å²) in [5, 5.41) is 3.33. The quantitative estimate of drug-likeness (QED) is 0.939. The number of halogens is 2. The molecule has 2 aromatic rings. The third-order valence-corrected chi connectivity index (χ3v) is 4.23. The Labute approximate surface area is 122 Å². The molecule has 0 saturated carbocycles. The van der Waals surface area contributed by atoms with Gasteiger partial charge in [-0.3, -0.25) is 0 Å². The number of benzene rings is 2. The molecule has 106 valence electrons. The minimum Gasteiger partial charge on any atom is -0.380 e. The number of sulfone groups is 1. The SMILES string of the molecule is CS(=O)(=O)c1ccc(Cl)c(NCc2ccccc2F)c1. The monoisotopic (exact) mass is 313 g/mol. The van der Waals surface area contributed by atoms with Crippen molar-refractivity contribution in [1.82, 2.24) is 0 Å². The van der Waals surface area contributed by atoms with Crippen LogP contribution in [0.2, 0.25) is 5.02 Å². The van der Waals surface area contributed by atoms with Gasteiger partial charge >= 0.3 is 0 Å². The molecule has 0 atom stereocenters. The van der Waals surface area contributed by atoms with Gasteiger partial charge in [0.25, 0.3) is 0 Å². The molecule has 0 aliphatic rings. The first-order chi connectivity index (χ1) is 9.38. The largest absolute Gasteiger partial charge is 0.380 e. The van der Waals surface area contributed by atoms with Crippen molar-refractivity contribution in [2.45, 2.75) is 11.4 Å². The first-order valence-electron chi connectivity index (χ1n) is 5.85. The number of hydrogen-bond acceptors (Lipinski definition) is 3. The van der Waals surface area contributed by atoms with E-state index in [1.165, 1.54) is 24.3 Å². The number of anilines is 1. The Balaban J connectivity index is 2.24. The van der Waals surface area contributed by atoms with Gasteiger partial charge in [0, 0.05) is 18.4 Å². The molecule has 0 fully saturated rings. The zero-order chi connectivity index (χ0) is 14.8. The lowest BCUT2D eigenvalue weighted by molar-refractivity contribution is 0.601. The van der Waals surface area contributed by atoms with E-state index in [9.17, 15) is 12.8 Å². The maximum absolute atomic E-state index is 13.5. The predicted molar refractivity (Wildman–Crippen MR) is 78.3 cm³/mol. The molecular weight excluding hydrogens is 301 g/mol. The van der Waals surface area contributed by atoms with E-state index < -0.39 is 9.84 Å². The molecule has 3 nitrogen and oxygen atoms in total. The fourth-order valence-corrected chi connectivity index (χ4v) is 2.53. The van der Waals surface area contributed by atoms with Crippen molar-refractivity contribution in [3.05, 3.63) is 58.9 Å². The average Bonchev–Trinajstić information content (AvgIpc) is 2.38. The van der Waals surface area contributed by atoms with Crippen LogP contribution in [0.1, 0.15) is 5.56 Å². The number of nitrogens with one attached hydrogen (secondary N) is 1. The van der Waals surface area contributed by atoms with Crippen LogP contribution in [-0.2, 0) is 16.4 Å². The molecule has 2 aromatic carbocycles. The van der Waals surface area contributed by atoms with Crippen LogP contribution in [0.5, 0.6) is 0 Å². The topological polar surface area (TPSA) is 46.2 Å². The van der Waals surface area contributed by atoms with Crippen molar-refractivity contribution < 1.29 is 12.8 Å². The Kier molecular flexibility index (Phi) is 4.30. The van der Waals surface area contributed by atoms with Crippen molar-refractivity contribution in [3.63, 3.8) is 0 Å². The van der Waals surface area contributed by atoms with Crippen molar-refractivity contribution in [1.29, 1.82) is 0 Å². The van der Waals surface area contributed by atoms with Crippen LogP contribution in [0.4, 0.5) is 10.1 Å². The maximum Gasteiger partial charge on any atom is 0.175 e. The lowest BCUT2D eigenvalue weighted by Crippen LogP contribution is -2.04. The fraction of sp³-hybridized carbons (Fsp3) is 0.143. The summed E-state index contributed by atoms with van der Waals surface area (Å²) in [6, 6.07) is 10.7. The zero-order valence-electron chi connectivity index (χ0n) is 10.7. The van der Waals surface area contributed by atoms with Gasteiger partial charge in [0.15, 0.2) is 9.84 Å². The van der Waals surface area contributed by atoms with Gasteiger partial charge in [-0.2, -0.15) is 0 Å². The number of hydrogen-bond donors (Lipinski definition) is 1. The molecule has 0 saturated heterocycles. The normalized spacial score (nSPS) is 11.3. The third kappa shape index (κ3) is 3.49. The molecule has 6 heteroatoms. The molecule has 0 aromatic heterocycles. The predicted octanol–water partition coefficient (Wildman–Crippen LogP) is 3.49. The first-order valence-corrected chi connectivity index (χ1v) is 8.12. The van der Waals surface area contributed by atoms with Crippen LogP contribution in [0.15, 0.2) is 47.4 Å². The van der Waals surface area contributed by atoms with Crippen LogP contribution in [-0.4, -0.2) is 14.7 Å². The van der Waals surface area contributed by atoms with Gasteiger partial charge in [-0.1, -0.05) is 29.8 Å². The van der Waals surface area contributed by atoms with E-state index in [1.807, 2.05) is 0 Å². The van der Waals surface area contributed by atoms with E-state index in [-0.39, 0.29) is 17.3 Å². The molecule has 0 aliphatic carbocycles. The highest BCUT2D eigenvalue weighted by Gasteiger charge is 2.10. The summed E-state index contributed by atoms with van der Waals surface area (Å²) in [7, 11) is -3.31. The second-order valence-corrected chi connectivity index (χ2v) is 6.78. The second kappa shape index (κ2) is 5.81. The summed E-state index contributed by atoms with van der Waals surface area (Å²) in [5.74, 6) is -0.324. The van der Waals surface area contributed by atoms with Gasteiger partial charge in [-0.25, -0.2) is 12.8 Å². The highest BCUT2D eigenvalue weighted by molar-refractivity contribution is 7.90. The highest BCUT2D eigenvalue weighted by Crippen LogP contribution is 2.26. The van der Waals surface area contributed by atoms with Crippen LogP contribution in [0.25, 0.3) is 0 Å². The molecule has 0 bridgehead atoms. The van der Waals surface area contributed by atoms with Crippen molar-refractivity contribution in [3.8, 4) is 0 Å². The Morgan fingerprint density at radius 1 is 1.20 bits per heavy atom. The zero-order valence-corrected chi connectivity index (χ0v) is 12.3. The Hall–Kier alpha value is -1.59.